The van der Waals surface area contributed by atoms with Gasteiger partial charge < -0.3 is 9.32 Å². The van der Waals surface area contributed by atoms with Crippen molar-refractivity contribution in [2.75, 3.05) is 6.54 Å². The average molecular weight is 436 g/mol. The van der Waals surface area contributed by atoms with Gasteiger partial charge in [-0.2, -0.15) is 0 Å². The monoisotopic (exact) mass is 436 g/mol. The number of carbonyl (C=O) groups is 1. The third kappa shape index (κ3) is 3.52. The Hall–Kier alpha value is -3.40. The zero-order valence-corrected chi connectivity index (χ0v) is 17.9. The van der Waals surface area contributed by atoms with Crippen LogP contribution in [0.2, 0.25) is 0 Å². The molecule has 0 radical (unpaired) electrons. The summed E-state index contributed by atoms with van der Waals surface area (Å²) in [5.41, 5.74) is 1.00. The second kappa shape index (κ2) is 7.69. The van der Waals surface area contributed by atoms with E-state index < -0.39 is 0 Å². The first-order chi connectivity index (χ1) is 15.0. The molecule has 1 aliphatic rings. The summed E-state index contributed by atoms with van der Waals surface area (Å²) in [6.45, 7) is 2.36. The topological polar surface area (TPSA) is 107 Å². The summed E-state index contributed by atoms with van der Waals surface area (Å²) in [5.74, 6) is 0.954. The van der Waals surface area contributed by atoms with Crippen LogP contribution in [0.25, 0.3) is 22.1 Å². The van der Waals surface area contributed by atoms with Gasteiger partial charge in [0.25, 0.3) is 11.4 Å². The van der Waals surface area contributed by atoms with E-state index in [1.807, 2.05) is 35.2 Å². The molecule has 9 nitrogen and oxygen atoms in total. The number of thiazole rings is 1. The van der Waals surface area contributed by atoms with E-state index in [0.29, 0.717) is 35.0 Å². The highest BCUT2D eigenvalue weighted by atomic mass is 32.1. The molecule has 31 heavy (non-hydrogen) atoms. The van der Waals surface area contributed by atoms with Crippen molar-refractivity contribution in [3.8, 4) is 11.7 Å². The van der Waals surface area contributed by atoms with Crippen molar-refractivity contribution in [1.29, 1.82) is 0 Å². The lowest BCUT2D eigenvalue weighted by Gasteiger charge is -2.23. The molecule has 0 aliphatic carbocycles. The third-order valence-corrected chi connectivity index (χ3v) is 6.48. The van der Waals surface area contributed by atoms with Crippen LogP contribution in [0, 0.1) is 6.92 Å². The number of rotatable bonds is 4. The molecular formula is C21H20N6O3S. The second-order valence-electron chi connectivity index (χ2n) is 7.54. The molecule has 10 heteroatoms. The molecule has 1 fully saturated rings. The highest BCUT2D eigenvalue weighted by Gasteiger charge is 2.33. The van der Waals surface area contributed by atoms with Crippen LogP contribution in [0.15, 0.2) is 39.5 Å². The molecule has 0 unspecified atom stereocenters. The predicted molar refractivity (Wildman–Crippen MR) is 115 cm³/mol. The van der Waals surface area contributed by atoms with E-state index in [1.165, 1.54) is 15.9 Å². The minimum Gasteiger partial charge on any atom is -0.419 e. The zero-order chi connectivity index (χ0) is 21.5. The Labute approximate surface area is 181 Å². The molecule has 1 aliphatic heterocycles. The summed E-state index contributed by atoms with van der Waals surface area (Å²) in [7, 11) is 1.61. The standard InChI is InChI=1S/C21H20N6O3S/c1-12-24-25-18(30-12)17-23-20-16(21(29)26(17)2)22-19(31-20)14-9-6-10-27(14)15(28)11-13-7-4-3-5-8-13/h3-5,7-8,14H,6,9-11H2,1-2H3/t14-/m1/s1. The highest BCUT2D eigenvalue weighted by molar-refractivity contribution is 7.18. The van der Waals surface area contributed by atoms with Crippen molar-refractivity contribution in [2.24, 2.45) is 7.05 Å². The van der Waals surface area contributed by atoms with Crippen LogP contribution in [-0.4, -0.2) is 42.1 Å². The van der Waals surface area contributed by atoms with E-state index in [1.54, 1.807) is 14.0 Å². The smallest absolute Gasteiger partial charge is 0.284 e. The van der Waals surface area contributed by atoms with Crippen LogP contribution in [0.3, 0.4) is 0 Å². The van der Waals surface area contributed by atoms with Gasteiger partial charge >= 0.3 is 0 Å². The normalized spacial score (nSPS) is 16.3. The fourth-order valence-corrected chi connectivity index (χ4v) is 4.96. The van der Waals surface area contributed by atoms with Crippen molar-refractivity contribution < 1.29 is 9.21 Å². The van der Waals surface area contributed by atoms with E-state index in [0.717, 1.165) is 23.4 Å². The molecule has 5 rings (SSSR count). The summed E-state index contributed by atoms with van der Waals surface area (Å²) >= 11 is 1.34. The lowest BCUT2D eigenvalue weighted by molar-refractivity contribution is -0.131. The van der Waals surface area contributed by atoms with Crippen LogP contribution in [0.5, 0.6) is 0 Å². The Balaban J connectivity index is 1.49. The number of benzene rings is 1. The Bertz CT molecular complexity index is 1330. The summed E-state index contributed by atoms with van der Waals surface area (Å²) < 4.78 is 6.82. The third-order valence-electron chi connectivity index (χ3n) is 5.43. The quantitative estimate of drug-likeness (QED) is 0.484. The van der Waals surface area contributed by atoms with E-state index in [2.05, 4.69) is 20.2 Å². The van der Waals surface area contributed by atoms with Gasteiger partial charge in [-0.05, 0) is 18.4 Å². The fourth-order valence-electron chi connectivity index (χ4n) is 3.88. The Morgan fingerprint density at radius 3 is 2.77 bits per heavy atom. The molecule has 0 spiro atoms. The molecule has 158 valence electrons. The van der Waals surface area contributed by atoms with Gasteiger partial charge in [0.15, 0.2) is 10.3 Å². The Morgan fingerprint density at radius 2 is 2.03 bits per heavy atom. The largest absolute Gasteiger partial charge is 0.419 e. The van der Waals surface area contributed by atoms with Gasteiger partial charge in [-0.1, -0.05) is 41.7 Å². The van der Waals surface area contributed by atoms with Gasteiger partial charge in [0.2, 0.25) is 17.6 Å². The number of hydrogen-bond donors (Lipinski definition) is 0. The second-order valence-corrected chi connectivity index (χ2v) is 8.55. The van der Waals surface area contributed by atoms with Crippen molar-refractivity contribution in [3.63, 3.8) is 0 Å². The van der Waals surface area contributed by atoms with Crippen LogP contribution in [0.1, 0.15) is 35.3 Å². The van der Waals surface area contributed by atoms with Crippen molar-refractivity contribution in [3.05, 3.63) is 57.1 Å². The molecule has 1 aromatic carbocycles. The van der Waals surface area contributed by atoms with E-state index in [4.69, 9.17) is 4.42 Å². The molecule has 1 amide bonds. The van der Waals surface area contributed by atoms with Crippen LogP contribution in [-0.2, 0) is 18.3 Å². The summed E-state index contributed by atoms with van der Waals surface area (Å²) in [6, 6.07) is 9.56. The van der Waals surface area contributed by atoms with E-state index >= 15 is 0 Å². The summed E-state index contributed by atoms with van der Waals surface area (Å²) in [5, 5.41) is 8.53. The van der Waals surface area contributed by atoms with E-state index in [-0.39, 0.29) is 23.4 Å². The lowest BCUT2D eigenvalue weighted by Crippen LogP contribution is -2.31. The highest BCUT2D eigenvalue weighted by Crippen LogP contribution is 2.36. The lowest BCUT2D eigenvalue weighted by atomic mass is 10.1. The number of carbonyl (C=O) groups excluding carboxylic acids is 1. The maximum Gasteiger partial charge on any atom is 0.284 e. The van der Waals surface area contributed by atoms with E-state index in [9.17, 15) is 9.59 Å². The zero-order valence-electron chi connectivity index (χ0n) is 17.1. The van der Waals surface area contributed by atoms with Gasteiger partial charge in [-0.3, -0.25) is 14.2 Å². The molecule has 4 aromatic rings. The molecule has 1 atom stereocenters. The van der Waals surface area contributed by atoms with Crippen LogP contribution >= 0.6 is 11.3 Å². The average Bonchev–Trinajstić information content (AvgIpc) is 3.50. The minimum atomic E-state index is -0.279. The SMILES string of the molecule is Cc1nnc(-c2nc3sc([C@H]4CCCN4C(=O)Cc4ccccc4)nc3c(=O)n2C)o1. The minimum absolute atomic E-state index is 0.0656. The van der Waals surface area contributed by atoms with Gasteiger partial charge in [-0.15, -0.1) is 10.2 Å². The van der Waals surface area contributed by atoms with Gasteiger partial charge in [0.1, 0.15) is 5.01 Å². The molecule has 4 heterocycles. The Morgan fingerprint density at radius 1 is 1.23 bits per heavy atom. The van der Waals surface area contributed by atoms with Gasteiger partial charge in [0.05, 0.1) is 12.5 Å². The number of hydrogen-bond acceptors (Lipinski definition) is 8. The number of nitrogens with zero attached hydrogens (tertiary/aromatic N) is 6. The van der Waals surface area contributed by atoms with Crippen molar-refractivity contribution in [1.82, 2.24) is 29.6 Å². The number of amides is 1. The molecule has 0 N–H and O–H groups in total. The molecule has 3 aromatic heterocycles. The maximum absolute atomic E-state index is 13.0. The first kappa shape index (κ1) is 19.6. The van der Waals surface area contributed by atoms with Crippen LogP contribution in [0.4, 0.5) is 0 Å². The first-order valence-corrected chi connectivity index (χ1v) is 10.8. The molecular weight excluding hydrogens is 416 g/mol. The van der Waals surface area contributed by atoms with Crippen molar-refractivity contribution in [2.45, 2.75) is 32.2 Å². The summed E-state index contributed by atoms with van der Waals surface area (Å²) in [4.78, 5) is 37.4. The summed E-state index contributed by atoms with van der Waals surface area (Å²) in [6.07, 6.45) is 2.07. The van der Waals surface area contributed by atoms with Crippen LogP contribution < -0.4 is 5.56 Å². The first-order valence-electron chi connectivity index (χ1n) is 10.0. The Kier molecular flexibility index (Phi) is 4.85. The van der Waals surface area contributed by atoms with Gasteiger partial charge in [0, 0.05) is 20.5 Å². The number of aryl methyl sites for hydroxylation is 1. The van der Waals surface area contributed by atoms with Gasteiger partial charge in [-0.25, -0.2) is 9.97 Å². The molecule has 0 bridgehead atoms. The fraction of sp³-hybridized carbons (Fsp3) is 0.333. The molecule has 0 saturated carbocycles. The number of fused-ring (bicyclic) bond motifs is 1. The molecule has 1 saturated heterocycles. The predicted octanol–water partition coefficient (Wildman–Crippen LogP) is 2.65. The number of likely N-dealkylation sites (tertiary alicyclic amines) is 1. The maximum atomic E-state index is 13.0. The number of aromatic nitrogens is 5. The van der Waals surface area contributed by atoms with Crippen molar-refractivity contribution >= 4 is 27.6 Å².